The van der Waals surface area contributed by atoms with Gasteiger partial charge in [-0.1, -0.05) is 37.8 Å². The Morgan fingerprint density at radius 1 is 1.04 bits per heavy atom. The fourth-order valence-corrected chi connectivity index (χ4v) is 5.46. The third kappa shape index (κ3) is 4.74. The van der Waals surface area contributed by atoms with Crippen LogP contribution in [0.1, 0.15) is 49.4 Å². The molecule has 5 nitrogen and oxygen atoms in total. The van der Waals surface area contributed by atoms with Crippen LogP contribution in [0.5, 0.6) is 0 Å². The van der Waals surface area contributed by atoms with Gasteiger partial charge in [-0.25, -0.2) is 8.42 Å². The van der Waals surface area contributed by atoms with Crippen molar-refractivity contribution in [1.82, 2.24) is 4.31 Å². The van der Waals surface area contributed by atoms with E-state index in [1.807, 2.05) is 6.92 Å². The van der Waals surface area contributed by atoms with Crippen LogP contribution in [0.4, 0.5) is 5.69 Å². The minimum Gasteiger partial charge on any atom is -0.322 e. The highest BCUT2D eigenvalue weighted by atomic mass is 35.5. The lowest BCUT2D eigenvalue weighted by Gasteiger charge is -2.32. The van der Waals surface area contributed by atoms with Gasteiger partial charge in [-0.15, -0.1) is 0 Å². The van der Waals surface area contributed by atoms with Crippen molar-refractivity contribution in [2.75, 3.05) is 11.9 Å². The zero-order chi connectivity index (χ0) is 20.1. The van der Waals surface area contributed by atoms with Crippen molar-refractivity contribution < 1.29 is 13.2 Å². The molecule has 1 fully saturated rings. The summed E-state index contributed by atoms with van der Waals surface area (Å²) in [5.41, 5.74) is 1.02. The van der Waals surface area contributed by atoms with E-state index in [0.717, 1.165) is 25.7 Å². The van der Waals surface area contributed by atoms with Gasteiger partial charge in [-0.05, 0) is 61.4 Å². The van der Waals surface area contributed by atoms with E-state index in [0.29, 0.717) is 22.8 Å². The van der Waals surface area contributed by atoms with Gasteiger partial charge in [-0.2, -0.15) is 4.31 Å². The van der Waals surface area contributed by atoms with Crippen molar-refractivity contribution in [2.45, 2.75) is 50.0 Å². The van der Waals surface area contributed by atoms with E-state index >= 15 is 0 Å². The molecule has 1 N–H and O–H groups in total. The predicted octanol–water partition coefficient (Wildman–Crippen LogP) is 4.94. The number of sulfonamides is 1. The van der Waals surface area contributed by atoms with E-state index in [1.54, 1.807) is 40.7 Å². The maximum Gasteiger partial charge on any atom is 0.255 e. The Kier molecular flexibility index (Phi) is 6.75. The van der Waals surface area contributed by atoms with Crippen molar-refractivity contribution in [3.63, 3.8) is 0 Å². The first-order valence-electron chi connectivity index (χ1n) is 9.60. The van der Waals surface area contributed by atoms with Crippen molar-refractivity contribution in [3.8, 4) is 0 Å². The van der Waals surface area contributed by atoms with Crippen molar-refractivity contribution in [3.05, 3.63) is 59.1 Å². The maximum atomic E-state index is 13.1. The zero-order valence-electron chi connectivity index (χ0n) is 15.9. The number of nitrogens with zero attached hydrogens (tertiary/aromatic N) is 1. The van der Waals surface area contributed by atoms with Crippen LogP contribution in [-0.4, -0.2) is 31.2 Å². The van der Waals surface area contributed by atoms with Gasteiger partial charge in [0.05, 0.1) is 4.90 Å². The molecule has 0 aliphatic heterocycles. The number of carbonyl (C=O) groups is 1. The highest BCUT2D eigenvalue weighted by Gasteiger charge is 2.31. The second-order valence-electron chi connectivity index (χ2n) is 6.99. The van der Waals surface area contributed by atoms with Crippen molar-refractivity contribution in [2.24, 2.45) is 0 Å². The Labute approximate surface area is 171 Å². The van der Waals surface area contributed by atoms with Gasteiger partial charge in [0, 0.05) is 28.9 Å². The molecule has 7 heteroatoms. The van der Waals surface area contributed by atoms with Crippen LogP contribution in [0.2, 0.25) is 5.02 Å². The molecule has 0 unspecified atom stereocenters. The Morgan fingerprint density at radius 2 is 1.64 bits per heavy atom. The molecule has 150 valence electrons. The molecule has 1 aliphatic carbocycles. The molecule has 0 radical (unpaired) electrons. The monoisotopic (exact) mass is 420 g/mol. The third-order valence-electron chi connectivity index (χ3n) is 5.12. The number of hydrogen-bond acceptors (Lipinski definition) is 3. The number of anilines is 1. The van der Waals surface area contributed by atoms with Crippen molar-refractivity contribution >= 4 is 33.2 Å². The summed E-state index contributed by atoms with van der Waals surface area (Å²) in [4.78, 5) is 12.6. The summed E-state index contributed by atoms with van der Waals surface area (Å²) in [5, 5.41) is 3.36. The van der Waals surface area contributed by atoms with Crippen LogP contribution < -0.4 is 5.32 Å². The molecule has 1 aliphatic rings. The standard InChI is InChI=1S/C21H25ClN2O3S/c1-2-24(19-6-4-3-5-7-19)28(26,27)20-14-8-16(9-15-20)21(25)23-18-12-10-17(22)11-13-18/h8-15,19H,2-7H2,1H3,(H,23,25). The summed E-state index contributed by atoms with van der Waals surface area (Å²) < 4.78 is 27.8. The summed E-state index contributed by atoms with van der Waals surface area (Å²) in [6.45, 7) is 2.33. The van der Waals surface area contributed by atoms with Crippen LogP contribution in [0.3, 0.4) is 0 Å². The average Bonchev–Trinajstić information content (AvgIpc) is 2.71. The molecule has 28 heavy (non-hydrogen) atoms. The number of hydrogen-bond donors (Lipinski definition) is 1. The quantitative estimate of drug-likeness (QED) is 0.720. The lowest BCUT2D eigenvalue weighted by atomic mass is 9.95. The minimum atomic E-state index is -3.57. The number of halogens is 1. The molecular weight excluding hydrogens is 396 g/mol. The molecule has 3 rings (SSSR count). The first-order valence-corrected chi connectivity index (χ1v) is 11.4. The van der Waals surface area contributed by atoms with Gasteiger partial charge in [0.1, 0.15) is 0 Å². The largest absolute Gasteiger partial charge is 0.322 e. The van der Waals surface area contributed by atoms with Gasteiger partial charge < -0.3 is 5.32 Å². The average molecular weight is 421 g/mol. The molecule has 2 aromatic carbocycles. The predicted molar refractivity (Wildman–Crippen MR) is 112 cm³/mol. The zero-order valence-corrected chi connectivity index (χ0v) is 17.5. The van der Waals surface area contributed by atoms with Crippen LogP contribution in [0.15, 0.2) is 53.4 Å². The first-order chi connectivity index (χ1) is 13.4. The smallest absolute Gasteiger partial charge is 0.255 e. The number of benzene rings is 2. The highest BCUT2D eigenvalue weighted by molar-refractivity contribution is 7.89. The molecule has 0 aromatic heterocycles. The van der Waals surface area contributed by atoms with Crippen LogP contribution in [-0.2, 0) is 10.0 Å². The Hall–Kier alpha value is -1.89. The Bertz CT molecular complexity index is 906. The van der Waals surface area contributed by atoms with Crippen LogP contribution >= 0.6 is 11.6 Å². The summed E-state index contributed by atoms with van der Waals surface area (Å²) in [7, 11) is -3.57. The van der Waals surface area contributed by atoms with Gasteiger partial charge in [0.15, 0.2) is 0 Å². The molecule has 1 saturated carbocycles. The van der Waals surface area contributed by atoms with Gasteiger partial charge in [-0.3, -0.25) is 4.79 Å². The fourth-order valence-electron chi connectivity index (χ4n) is 3.64. The molecule has 0 saturated heterocycles. The molecule has 1 amide bonds. The van der Waals surface area contributed by atoms with E-state index in [4.69, 9.17) is 11.6 Å². The molecule has 0 heterocycles. The van der Waals surface area contributed by atoms with E-state index < -0.39 is 10.0 Å². The summed E-state index contributed by atoms with van der Waals surface area (Å²) in [6.07, 6.45) is 5.13. The second-order valence-corrected chi connectivity index (χ2v) is 9.31. The normalized spacial score (nSPS) is 15.5. The summed E-state index contributed by atoms with van der Waals surface area (Å²) >= 11 is 5.85. The fraction of sp³-hybridized carbons (Fsp3) is 0.381. The molecule has 0 atom stereocenters. The SMILES string of the molecule is CCN(C1CCCCC1)S(=O)(=O)c1ccc(C(=O)Nc2ccc(Cl)cc2)cc1. The topological polar surface area (TPSA) is 66.5 Å². The molecule has 2 aromatic rings. The van der Waals surface area contributed by atoms with E-state index in [-0.39, 0.29) is 16.8 Å². The lowest BCUT2D eigenvalue weighted by Crippen LogP contribution is -2.41. The maximum absolute atomic E-state index is 13.1. The van der Waals surface area contributed by atoms with E-state index in [2.05, 4.69) is 5.32 Å². The number of rotatable bonds is 6. The van der Waals surface area contributed by atoms with E-state index in [9.17, 15) is 13.2 Å². The number of carbonyl (C=O) groups excluding carboxylic acids is 1. The molecule has 0 spiro atoms. The lowest BCUT2D eigenvalue weighted by molar-refractivity contribution is 0.102. The van der Waals surface area contributed by atoms with Crippen molar-refractivity contribution in [1.29, 1.82) is 0 Å². The van der Waals surface area contributed by atoms with Crippen LogP contribution in [0, 0.1) is 0 Å². The Balaban J connectivity index is 1.74. The molecular formula is C21H25ClN2O3S. The number of nitrogens with one attached hydrogen (secondary N) is 1. The second kappa shape index (κ2) is 9.07. The number of amides is 1. The summed E-state index contributed by atoms with van der Waals surface area (Å²) in [6, 6.07) is 13.0. The molecule has 0 bridgehead atoms. The van der Waals surface area contributed by atoms with Gasteiger partial charge in [0.2, 0.25) is 10.0 Å². The van der Waals surface area contributed by atoms with Gasteiger partial charge in [0.25, 0.3) is 5.91 Å². The van der Waals surface area contributed by atoms with Crippen LogP contribution in [0.25, 0.3) is 0 Å². The van der Waals surface area contributed by atoms with Gasteiger partial charge >= 0.3 is 0 Å². The summed E-state index contributed by atoms with van der Waals surface area (Å²) in [5.74, 6) is -0.300. The first kappa shape index (κ1) is 20.8. The Morgan fingerprint density at radius 3 is 2.21 bits per heavy atom. The highest BCUT2D eigenvalue weighted by Crippen LogP contribution is 2.27. The third-order valence-corrected chi connectivity index (χ3v) is 7.41. The van der Waals surface area contributed by atoms with E-state index in [1.165, 1.54) is 18.6 Å². The minimum absolute atomic E-state index is 0.0663.